The first-order valence-electron chi connectivity index (χ1n) is 4.55. The quantitative estimate of drug-likeness (QED) is 0.524. The van der Waals surface area contributed by atoms with E-state index in [1.807, 2.05) is 18.2 Å². The normalized spacial score (nSPS) is 14.1. The molecule has 0 saturated carbocycles. The summed E-state index contributed by atoms with van der Waals surface area (Å²) in [5, 5.41) is 0. The van der Waals surface area contributed by atoms with Gasteiger partial charge in [-0.3, -0.25) is 0 Å². The average molecular weight is 191 g/mol. The molecule has 14 heavy (non-hydrogen) atoms. The lowest BCUT2D eigenvalue weighted by Gasteiger charge is -2.24. The molecule has 2 atom stereocenters. The van der Waals surface area contributed by atoms with Gasteiger partial charge in [-0.05, 0) is 12.5 Å². The first-order valence-corrected chi connectivity index (χ1v) is 4.55. The summed E-state index contributed by atoms with van der Waals surface area (Å²) < 4.78 is 13.8. The van der Waals surface area contributed by atoms with Crippen LogP contribution in [-0.4, -0.2) is 18.0 Å². The minimum absolute atomic E-state index is 0.303. The zero-order valence-corrected chi connectivity index (χ0v) is 8.44. The van der Waals surface area contributed by atoms with Crippen LogP contribution in [0.3, 0.4) is 0 Å². The molecular formula is C12H14FN. The maximum Gasteiger partial charge on any atom is 0.146 e. The molecule has 0 spiro atoms. The molecule has 0 aliphatic carbocycles. The molecule has 0 aliphatic rings. The van der Waals surface area contributed by atoms with Crippen LogP contribution in [-0.2, 0) is 0 Å². The summed E-state index contributed by atoms with van der Waals surface area (Å²) in [6.45, 7) is 1.78. The fourth-order valence-electron chi connectivity index (χ4n) is 1.23. The van der Waals surface area contributed by atoms with Crippen LogP contribution < -0.4 is 0 Å². The topological polar surface area (TPSA) is 3.24 Å². The Morgan fingerprint density at radius 1 is 1.36 bits per heavy atom. The van der Waals surface area contributed by atoms with Gasteiger partial charge in [-0.1, -0.05) is 36.8 Å². The van der Waals surface area contributed by atoms with Crippen LogP contribution in [0.25, 0.3) is 0 Å². The van der Waals surface area contributed by atoms with E-state index in [1.54, 1.807) is 26.1 Å². The highest BCUT2D eigenvalue weighted by molar-refractivity contribution is 5.19. The van der Waals surface area contributed by atoms with Crippen LogP contribution in [0.1, 0.15) is 18.7 Å². The maximum atomic E-state index is 13.8. The van der Waals surface area contributed by atoms with Crippen molar-refractivity contribution in [1.82, 2.24) is 4.90 Å². The number of hydrogen-bond donors (Lipinski definition) is 0. The smallest absolute Gasteiger partial charge is 0.146 e. The summed E-state index contributed by atoms with van der Waals surface area (Å²) in [7, 11) is 1.71. The average Bonchev–Trinajstić information content (AvgIpc) is 2.27. The summed E-state index contributed by atoms with van der Waals surface area (Å²) >= 11 is 0. The number of benzene rings is 1. The fraction of sp³-hybridized carbons (Fsp3) is 0.333. The van der Waals surface area contributed by atoms with Gasteiger partial charge in [-0.2, -0.15) is 0 Å². The van der Waals surface area contributed by atoms with E-state index in [4.69, 9.17) is 6.42 Å². The zero-order valence-electron chi connectivity index (χ0n) is 8.44. The molecule has 2 unspecified atom stereocenters. The molecule has 2 heteroatoms. The lowest BCUT2D eigenvalue weighted by molar-refractivity contribution is 0.199. The van der Waals surface area contributed by atoms with Crippen LogP contribution in [0.4, 0.5) is 4.39 Å². The van der Waals surface area contributed by atoms with Crippen molar-refractivity contribution in [3.05, 3.63) is 35.9 Å². The largest absolute Gasteiger partial charge is 0.330 e. The Morgan fingerprint density at radius 3 is 2.43 bits per heavy atom. The van der Waals surface area contributed by atoms with Gasteiger partial charge in [0.2, 0.25) is 0 Å². The Morgan fingerprint density at radius 2 is 1.93 bits per heavy atom. The Bertz CT molecular complexity index is 315. The van der Waals surface area contributed by atoms with Gasteiger partial charge in [0.25, 0.3) is 0 Å². The van der Waals surface area contributed by atoms with Gasteiger partial charge in [-0.15, -0.1) is 0 Å². The molecule has 0 radical (unpaired) electrons. The lowest BCUT2D eigenvalue weighted by atomic mass is 10.0. The van der Waals surface area contributed by atoms with Gasteiger partial charge < -0.3 is 4.90 Å². The monoisotopic (exact) mass is 191 g/mol. The molecule has 1 aromatic rings. The first kappa shape index (κ1) is 10.6. The van der Waals surface area contributed by atoms with Gasteiger partial charge in [-0.25, -0.2) is 4.39 Å². The number of hydrogen-bond acceptors (Lipinski definition) is 1. The Labute approximate surface area is 84.5 Å². The molecular weight excluding hydrogens is 177 g/mol. The molecule has 0 saturated heterocycles. The number of alkyl halides is 1. The third-order valence-electron chi connectivity index (χ3n) is 2.36. The van der Waals surface area contributed by atoms with Crippen molar-refractivity contribution in [3.8, 4) is 12.5 Å². The van der Waals surface area contributed by atoms with E-state index < -0.39 is 6.17 Å². The van der Waals surface area contributed by atoms with Crippen molar-refractivity contribution in [2.45, 2.75) is 19.1 Å². The van der Waals surface area contributed by atoms with Crippen molar-refractivity contribution in [2.24, 2.45) is 0 Å². The molecule has 1 aromatic carbocycles. The number of likely N-dealkylation sites (N-methyl/N-ethyl adjacent to an activating group) is 1. The SMILES string of the molecule is C#CN(C)C(C)C(F)c1ccccc1. The van der Waals surface area contributed by atoms with E-state index in [0.717, 1.165) is 0 Å². The maximum absolute atomic E-state index is 13.8. The summed E-state index contributed by atoms with van der Waals surface area (Å²) in [6.07, 6.45) is 4.15. The second-order valence-corrected chi connectivity index (χ2v) is 3.29. The van der Waals surface area contributed by atoms with E-state index in [9.17, 15) is 4.39 Å². The van der Waals surface area contributed by atoms with Gasteiger partial charge in [0.1, 0.15) is 6.17 Å². The molecule has 0 bridgehead atoms. The van der Waals surface area contributed by atoms with Crippen molar-refractivity contribution in [2.75, 3.05) is 7.05 Å². The molecule has 0 fully saturated rings. The molecule has 1 nitrogen and oxygen atoms in total. The molecule has 0 amide bonds. The van der Waals surface area contributed by atoms with E-state index in [-0.39, 0.29) is 6.04 Å². The third-order valence-corrected chi connectivity index (χ3v) is 2.36. The van der Waals surface area contributed by atoms with E-state index in [2.05, 4.69) is 6.04 Å². The first-order chi connectivity index (χ1) is 6.66. The van der Waals surface area contributed by atoms with Crippen molar-refractivity contribution >= 4 is 0 Å². The Hall–Kier alpha value is -1.49. The van der Waals surface area contributed by atoms with E-state index >= 15 is 0 Å². The number of nitrogens with zero attached hydrogens (tertiary/aromatic N) is 1. The highest BCUT2D eigenvalue weighted by Crippen LogP contribution is 2.23. The number of terminal acetylenes is 1. The van der Waals surface area contributed by atoms with Crippen molar-refractivity contribution in [1.29, 1.82) is 0 Å². The van der Waals surface area contributed by atoms with Gasteiger partial charge in [0.05, 0.1) is 6.04 Å². The van der Waals surface area contributed by atoms with Crippen LogP contribution >= 0.6 is 0 Å². The summed E-state index contributed by atoms with van der Waals surface area (Å²) in [6, 6.07) is 11.2. The summed E-state index contributed by atoms with van der Waals surface area (Å²) in [5.41, 5.74) is 0.669. The van der Waals surface area contributed by atoms with Gasteiger partial charge in [0.15, 0.2) is 0 Å². The predicted molar refractivity (Wildman–Crippen MR) is 56.3 cm³/mol. The molecule has 74 valence electrons. The van der Waals surface area contributed by atoms with Crippen LogP contribution in [0.5, 0.6) is 0 Å². The molecule has 0 N–H and O–H groups in total. The highest BCUT2D eigenvalue weighted by Gasteiger charge is 2.20. The van der Waals surface area contributed by atoms with Crippen LogP contribution in [0.15, 0.2) is 30.3 Å². The third kappa shape index (κ3) is 2.26. The molecule has 0 aliphatic heterocycles. The Balaban J connectivity index is 2.76. The summed E-state index contributed by atoms with van der Waals surface area (Å²) in [4.78, 5) is 1.54. The standard InChI is InChI=1S/C12H14FN/c1-4-14(3)10(2)12(13)11-8-6-5-7-9-11/h1,5-10,12H,2-3H3. The number of halogens is 1. The molecule has 0 heterocycles. The van der Waals surface area contributed by atoms with E-state index in [0.29, 0.717) is 5.56 Å². The second kappa shape index (κ2) is 4.66. The summed E-state index contributed by atoms with van der Waals surface area (Å²) in [5.74, 6) is 0. The minimum Gasteiger partial charge on any atom is -0.330 e. The van der Waals surface area contributed by atoms with Gasteiger partial charge in [0, 0.05) is 13.1 Å². The molecule has 1 rings (SSSR count). The number of rotatable bonds is 3. The fourth-order valence-corrected chi connectivity index (χ4v) is 1.23. The highest BCUT2D eigenvalue weighted by atomic mass is 19.1. The van der Waals surface area contributed by atoms with Crippen LogP contribution in [0, 0.1) is 12.5 Å². The lowest BCUT2D eigenvalue weighted by Crippen LogP contribution is -2.28. The van der Waals surface area contributed by atoms with Crippen molar-refractivity contribution < 1.29 is 4.39 Å². The molecule has 0 aromatic heterocycles. The second-order valence-electron chi connectivity index (χ2n) is 3.29. The zero-order chi connectivity index (χ0) is 10.6. The van der Waals surface area contributed by atoms with Crippen LogP contribution in [0.2, 0.25) is 0 Å². The van der Waals surface area contributed by atoms with Crippen molar-refractivity contribution in [3.63, 3.8) is 0 Å². The van der Waals surface area contributed by atoms with E-state index in [1.165, 1.54) is 4.90 Å². The minimum atomic E-state index is -1.04. The van der Waals surface area contributed by atoms with Gasteiger partial charge >= 0.3 is 0 Å². The predicted octanol–water partition coefficient (Wildman–Crippen LogP) is 2.61. The Kier molecular flexibility index (Phi) is 3.53.